The van der Waals surface area contributed by atoms with E-state index in [2.05, 4.69) is 59.2 Å². The van der Waals surface area contributed by atoms with Crippen LogP contribution >= 0.6 is 15.9 Å². The first-order valence-corrected chi connectivity index (χ1v) is 6.41. The largest absolute Gasteiger partial charge is 0.300 e. The van der Waals surface area contributed by atoms with Crippen molar-refractivity contribution < 1.29 is 0 Å². The summed E-state index contributed by atoms with van der Waals surface area (Å²) in [5.74, 6) is 2.78. The SMILES string of the molecule is C#CC(CCC)NCc1ccc(Br)c(C)c1. The summed E-state index contributed by atoms with van der Waals surface area (Å²) in [6, 6.07) is 6.56. The zero-order valence-corrected chi connectivity index (χ0v) is 11.5. The summed E-state index contributed by atoms with van der Waals surface area (Å²) in [6.07, 6.45) is 7.60. The molecule has 0 spiro atoms. The number of halogens is 1. The number of rotatable bonds is 5. The van der Waals surface area contributed by atoms with Crippen molar-refractivity contribution in [2.24, 2.45) is 0 Å². The van der Waals surface area contributed by atoms with Gasteiger partial charge in [0.25, 0.3) is 0 Å². The number of hydrogen-bond acceptors (Lipinski definition) is 1. The minimum absolute atomic E-state index is 0.189. The maximum atomic E-state index is 5.46. The number of benzene rings is 1. The van der Waals surface area contributed by atoms with Crippen LogP contribution in [0.3, 0.4) is 0 Å². The van der Waals surface area contributed by atoms with Crippen molar-refractivity contribution in [3.05, 3.63) is 33.8 Å². The number of aryl methyl sites for hydroxylation is 1. The molecular formula is C14H18BrN. The van der Waals surface area contributed by atoms with Crippen molar-refractivity contribution in [3.8, 4) is 12.3 Å². The van der Waals surface area contributed by atoms with Gasteiger partial charge in [0.2, 0.25) is 0 Å². The Bertz CT molecular complexity index is 379. The Morgan fingerprint density at radius 1 is 1.50 bits per heavy atom. The van der Waals surface area contributed by atoms with Gasteiger partial charge < -0.3 is 0 Å². The quantitative estimate of drug-likeness (QED) is 0.812. The van der Waals surface area contributed by atoms with Gasteiger partial charge in [-0.25, -0.2) is 0 Å². The van der Waals surface area contributed by atoms with E-state index in [1.165, 1.54) is 11.1 Å². The lowest BCUT2D eigenvalue weighted by Gasteiger charge is -2.12. The highest BCUT2D eigenvalue weighted by atomic mass is 79.9. The average Bonchev–Trinajstić information content (AvgIpc) is 2.28. The molecule has 0 aliphatic heterocycles. The first-order valence-electron chi connectivity index (χ1n) is 5.62. The van der Waals surface area contributed by atoms with Crippen LogP contribution in [0.2, 0.25) is 0 Å². The van der Waals surface area contributed by atoms with Gasteiger partial charge >= 0.3 is 0 Å². The van der Waals surface area contributed by atoms with Crippen LogP contribution in [0, 0.1) is 19.3 Å². The second-order valence-electron chi connectivity index (χ2n) is 3.97. The molecule has 1 aromatic carbocycles. The monoisotopic (exact) mass is 279 g/mol. The predicted molar refractivity (Wildman–Crippen MR) is 73.2 cm³/mol. The second-order valence-corrected chi connectivity index (χ2v) is 4.83. The third kappa shape index (κ3) is 4.00. The smallest absolute Gasteiger partial charge is 0.0689 e. The van der Waals surface area contributed by atoms with E-state index in [0.29, 0.717) is 0 Å². The zero-order valence-electron chi connectivity index (χ0n) is 9.89. The summed E-state index contributed by atoms with van der Waals surface area (Å²) in [5, 5.41) is 3.38. The molecule has 0 heterocycles. The van der Waals surface area contributed by atoms with E-state index < -0.39 is 0 Å². The van der Waals surface area contributed by atoms with Gasteiger partial charge in [-0.05, 0) is 30.5 Å². The van der Waals surface area contributed by atoms with Crippen molar-refractivity contribution in [2.75, 3.05) is 0 Å². The molecule has 1 atom stereocenters. The van der Waals surface area contributed by atoms with Crippen molar-refractivity contribution in [2.45, 2.75) is 39.3 Å². The highest BCUT2D eigenvalue weighted by Gasteiger charge is 2.03. The Kier molecular flexibility index (Phi) is 5.59. The molecule has 1 unspecified atom stereocenters. The van der Waals surface area contributed by atoms with Crippen LogP contribution in [0.5, 0.6) is 0 Å². The molecular weight excluding hydrogens is 262 g/mol. The Balaban J connectivity index is 2.54. The minimum Gasteiger partial charge on any atom is -0.300 e. The van der Waals surface area contributed by atoms with E-state index in [1.54, 1.807) is 0 Å². The summed E-state index contributed by atoms with van der Waals surface area (Å²) in [6.45, 7) is 5.08. The molecule has 0 aliphatic rings. The van der Waals surface area contributed by atoms with Gasteiger partial charge in [0.15, 0.2) is 0 Å². The number of nitrogens with one attached hydrogen (secondary N) is 1. The minimum atomic E-state index is 0.189. The average molecular weight is 280 g/mol. The summed E-state index contributed by atoms with van der Waals surface area (Å²) < 4.78 is 1.15. The zero-order chi connectivity index (χ0) is 12.0. The van der Waals surface area contributed by atoms with Gasteiger partial charge in [-0.15, -0.1) is 6.42 Å². The van der Waals surface area contributed by atoms with Crippen molar-refractivity contribution in [1.29, 1.82) is 0 Å². The van der Waals surface area contributed by atoms with Gasteiger partial charge in [-0.3, -0.25) is 5.32 Å². The summed E-state index contributed by atoms with van der Waals surface area (Å²) in [7, 11) is 0. The van der Waals surface area contributed by atoms with Crippen LogP contribution in [-0.4, -0.2) is 6.04 Å². The summed E-state index contributed by atoms with van der Waals surface area (Å²) >= 11 is 3.50. The Labute approximate surface area is 107 Å². The first kappa shape index (κ1) is 13.3. The molecule has 2 heteroatoms. The fourth-order valence-electron chi connectivity index (χ4n) is 1.59. The van der Waals surface area contributed by atoms with Crippen molar-refractivity contribution >= 4 is 15.9 Å². The number of terminal acetylenes is 1. The highest BCUT2D eigenvalue weighted by molar-refractivity contribution is 9.10. The van der Waals surface area contributed by atoms with E-state index in [0.717, 1.165) is 23.9 Å². The normalized spacial score (nSPS) is 12.1. The fraction of sp³-hybridized carbons (Fsp3) is 0.429. The van der Waals surface area contributed by atoms with Gasteiger partial charge in [-0.1, -0.05) is 47.3 Å². The molecule has 86 valence electrons. The molecule has 0 radical (unpaired) electrons. The molecule has 1 aromatic rings. The lowest BCUT2D eigenvalue weighted by Crippen LogP contribution is -2.26. The number of hydrogen-bond donors (Lipinski definition) is 1. The van der Waals surface area contributed by atoms with Crippen LogP contribution in [0.25, 0.3) is 0 Å². The van der Waals surface area contributed by atoms with Gasteiger partial charge in [0.1, 0.15) is 0 Å². The highest BCUT2D eigenvalue weighted by Crippen LogP contribution is 2.17. The molecule has 0 aliphatic carbocycles. The summed E-state index contributed by atoms with van der Waals surface area (Å²) in [5.41, 5.74) is 2.53. The van der Waals surface area contributed by atoms with Gasteiger partial charge in [-0.2, -0.15) is 0 Å². The third-order valence-corrected chi connectivity index (χ3v) is 3.44. The molecule has 0 aromatic heterocycles. The molecule has 16 heavy (non-hydrogen) atoms. The first-order chi connectivity index (χ1) is 7.67. The van der Waals surface area contributed by atoms with E-state index in [9.17, 15) is 0 Å². The topological polar surface area (TPSA) is 12.0 Å². The van der Waals surface area contributed by atoms with Crippen LogP contribution in [0.15, 0.2) is 22.7 Å². The molecule has 0 bridgehead atoms. The molecule has 1 rings (SSSR count). The fourth-order valence-corrected chi connectivity index (χ4v) is 1.84. The lowest BCUT2D eigenvalue weighted by molar-refractivity contribution is 0.563. The predicted octanol–water partition coefficient (Wildman–Crippen LogP) is 3.65. The van der Waals surface area contributed by atoms with Crippen LogP contribution < -0.4 is 5.32 Å². The van der Waals surface area contributed by atoms with Crippen molar-refractivity contribution in [3.63, 3.8) is 0 Å². The molecule has 0 amide bonds. The van der Waals surface area contributed by atoms with Crippen LogP contribution in [0.1, 0.15) is 30.9 Å². The Hall–Kier alpha value is -0.780. The van der Waals surface area contributed by atoms with E-state index in [4.69, 9.17) is 6.42 Å². The van der Waals surface area contributed by atoms with Crippen molar-refractivity contribution in [1.82, 2.24) is 5.32 Å². The Morgan fingerprint density at radius 2 is 2.25 bits per heavy atom. The third-order valence-electron chi connectivity index (χ3n) is 2.55. The van der Waals surface area contributed by atoms with E-state index >= 15 is 0 Å². The standard InChI is InChI=1S/C14H18BrN/c1-4-6-13(5-2)16-10-12-7-8-14(15)11(3)9-12/h2,7-9,13,16H,4,6,10H2,1,3H3. The van der Waals surface area contributed by atoms with Crippen LogP contribution in [0.4, 0.5) is 0 Å². The molecule has 1 N–H and O–H groups in total. The van der Waals surface area contributed by atoms with Crippen LogP contribution in [-0.2, 0) is 6.54 Å². The maximum absolute atomic E-state index is 5.46. The summed E-state index contributed by atoms with van der Waals surface area (Å²) in [4.78, 5) is 0. The lowest BCUT2D eigenvalue weighted by atomic mass is 10.1. The maximum Gasteiger partial charge on any atom is 0.0689 e. The molecule has 0 saturated carbocycles. The Morgan fingerprint density at radius 3 is 2.81 bits per heavy atom. The van der Waals surface area contributed by atoms with Gasteiger partial charge in [0, 0.05) is 11.0 Å². The molecule has 0 saturated heterocycles. The second kappa shape index (κ2) is 6.73. The van der Waals surface area contributed by atoms with E-state index in [-0.39, 0.29) is 6.04 Å². The van der Waals surface area contributed by atoms with Gasteiger partial charge in [0.05, 0.1) is 6.04 Å². The van der Waals surface area contributed by atoms with E-state index in [1.807, 2.05) is 0 Å². The molecule has 0 fully saturated rings. The molecule has 1 nitrogen and oxygen atoms in total.